The number of hydrogen-bond acceptors (Lipinski definition) is 4. The first-order valence-corrected chi connectivity index (χ1v) is 19.3. The van der Waals surface area contributed by atoms with Gasteiger partial charge in [0, 0.05) is 63.7 Å². The summed E-state index contributed by atoms with van der Waals surface area (Å²) in [4.78, 5) is 14.9. The van der Waals surface area contributed by atoms with Crippen molar-refractivity contribution in [3.05, 3.63) is 182 Å². The molecule has 0 amide bonds. The van der Waals surface area contributed by atoms with Gasteiger partial charge in [-0.1, -0.05) is 127 Å². The van der Waals surface area contributed by atoms with E-state index in [1.807, 2.05) is 59.2 Å². The van der Waals surface area contributed by atoms with Crippen molar-refractivity contribution in [3.63, 3.8) is 0 Å². The maximum atomic E-state index is 10.2. The number of hydrogen-bond donors (Lipinski definition) is 0. The van der Waals surface area contributed by atoms with Gasteiger partial charge in [-0.25, -0.2) is 0 Å². The summed E-state index contributed by atoms with van der Waals surface area (Å²) in [5, 5.41) is 4.84. The molecule has 13 aromatic rings. The predicted octanol–water partition coefficient (Wildman–Crippen LogP) is 13.2. The fraction of sp³-hybridized carbons (Fsp3) is 0. The molecule has 0 aliphatic heterocycles. The van der Waals surface area contributed by atoms with Gasteiger partial charge in [-0.05, 0) is 54.5 Å². The molecule has 58 heavy (non-hydrogen) atoms. The molecule has 0 bridgehead atoms. The van der Waals surface area contributed by atoms with Crippen molar-refractivity contribution in [1.82, 2.24) is 28.7 Å². The highest BCUT2D eigenvalue weighted by Gasteiger charge is 2.22. The highest BCUT2D eigenvalue weighted by Crippen LogP contribution is 2.43. The van der Waals surface area contributed by atoms with Crippen molar-refractivity contribution in [2.75, 3.05) is 0 Å². The van der Waals surface area contributed by atoms with Crippen LogP contribution in [-0.2, 0) is 0 Å². The zero-order valence-corrected chi connectivity index (χ0v) is 30.8. The molecule has 0 saturated heterocycles. The molecule has 0 saturated carbocycles. The minimum atomic E-state index is -0.540. The highest BCUT2D eigenvalue weighted by molar-refractivity contribution is 7.26. The normalized spacial score (nSPS) is 15.0. The lowest BCUT2D eigenvalue weighted by molar-refractivity contribution is 0.892. The zero-order chi connectivity index (χ0) is 48.3. The molecule has 8 aromatic carbocycles. The molecule has 5 aromatic heterocycles. The standard InChI is InChI=1S/C51H30N6S/c1-8-23-41-33(16-1)34-17-2-9-24-42(34)56(41)50-52-49(53-51(54-50)57-43-25-10-3-18-35(43)36-19-4-11-26-44(36)57)31-14-13-15-32(30-31)55-40-22-7-5-20-37(40)38-28-29-46-47(48(38)55)39-21-6-12-27-45(39)58-46/h1-30H/i1D,3D,8D,10D,13D,14D,15D,16D,18D,23D,25D,30D. The van der Waals surface area contributed by atoms with E-state index in [0.717, 1.165) is 30.9 Å². The Balaban J connectivity index is 1.21. The largest absolute Gasteiger partial charge is 0.309 e. The van der Waals surface area contributed by atoms with Crippen molar-refractivity contribution >= 4 is 96.9 Å². The van der Waals surface area contributed by atoms with Crippen LogP contribution in [0.15, 0.2) is 182 Å². The summed E-state index contributed by atoms with van der Waals surface area (Å²) >= 11 is 1.61. The van der Waals surface area contributed by atoms with Gasteiger partial charge < -0.3 is 4.57 Å². The fourth-order valence-corrected chi connectivity index (χ4v) is 9.58. The Morgan fingerprint density at radius 1 is 0.414 bits per heavy atom. The van der Waals surface area contributed by atoms with E-state index in [-0.39, 0.29) is 74.9 Å². The van der Waals surface area contributed by atoms with Crippen molar-refractivity contribution in [2.24, 2.45) is 0 Å². The summed E-state index contributed by atoms with van der Waals surface area (Å²) < 4.78 is 117. The zero-order valence-electron chi connectivity index (χ0n) is 42.0. The topological polar surface area (TPSA) is 53.5 Å². The van der Waals surface area contributed by atoms with Gasteiger partial charge in [0.2, 0.25) is 11.9 Å². The second-order valence-electron chi connectivity index (χ2n) is 13.9. The minimum absolute atomic E-state index is 0.00884. The molecule has 6 nitrogen and oxygen atoms in total. The Labute approximate surface area is 352 Å². The summed E-state index contributed by atoms with van der Waals surface area (Å²) in [5.41, 5.74) is 1.92. The van der Waals surface area contributed by atoms with Crippen LogP contribution in [0, 0.1) is 0 Å². The molecule has 0 radical (unpaired) electrons. The third-order valence-electron chi connectivity index (χ3n) is 10.9. The number of fused-ring (bicyclic) bond motifs is 13. The van der Waals surface area contributed by atoms with Gasteiger partial charge >= 0.3 is 0 Å². The van der Waals surface area contributed by atoms with Crippen LogP contribution in [0.4, 0.5) is 0 Å². The van der Waals surface area contributed by atoms with Crippen LogP contribution < -0.4 is 0 Å². The first-order chi connectivity index (χ1) is 33.8. The molecule has 0 aliphatic carbocycles. The molecule has 270 valence electrons. The van der Waals surface area contributed by atoms with Gasteiger partial charge in [-0.3, -0.25) is 9.13 Å². The monoisotopic (exact) mass is 770 g/mol. The maximum Gasteiger partial charge on any atom is 0.240 e. The van der Waals surface area contributed by atoms with E-state index < -0.39 is 48.3 Å². The molecule has 0 atom stereocenters. The summed E-state index contributed by atoms with van der Waals surface area (Å²) in [5.74, 6) is -0.739. The third kappa shape index (κ3) is 4.39. The van der Waals surface area contributed by atoms with Crippen molar-refractivity contribution in [1.29, 1.82) is 0 Å². The van der Waals surface area contributed by atoms with Crippen LogP contribution >= 0.6 is 11.3 Å². The van der Waals surface area contributed by atoms with E-state index in [4.69, 9.17) is 23.2 Å². The van der Waals surface area contributed by atoms with Gasteiger partial charge in [0.1, 0.15) is 0 Å². The van der Waals surface area contributed by atoms with Crippen LogP contribution in [0.1, 0.15) is 16.4 Å². The van der Waals surface area contributed by atoms with E-state index in [1.165, 1.54) is 9.13 Å². The second kappa shape index (κ2) is 11.9. The van der Waals surface area contributed by atoms with Gasteiger partial charge in [-0.2, -0.15) is 15.0 Å². The Morgan fingerprint density at radius 2 is 0.966 bits per heavy atom. The average Bonchev–Trinajstić information content (AvgIpc) is 4.12. The van der Waals surface area contributed by atoms with Crippen LogP contribution in [-0.4, -0.2) is 28.7 Å². The average molecular weight is 771 g/mol. The molecule has 0 N–H and O–H groups in total. The Bertz CT molecular complexity index is 4380. The molecule has 0 spiro atoms. The highest BCUT2D eigenvalue weighted by atomic mass is 32.1. The molecule has 13 rings (SSSR count). The molecule has 5 heterocycles. The van der Waals surface area contributed by atoms with Crippen molar-refractivity contribution in [2.45, 2.75) is 0 Å². The number of thiophene rings is 1. The third-order valence-corrected chi connectivity index (χ3v) is 12.0. The summed E-state index contributed by atoms with van der Waals surface area (Å²) in [7, 11) is 0. The summed E-state index contributed by atoms with van der Waals surface area (Å²) in [6.45, 7) is 0. The van der Waals surface area contributed by atoms with Crippen LogP contribution in [0.5, 0.6) is 0 Å². The lowest BCUT2D eigenvalue weighted by Gasteiger charge is -2.14. The van der Waals surface area contributed by atoms with Crippen LogP contribution in [0.2, 0.25) is 0 Å². The second-order valence-corrected chi connectivity index (χ2v) is 15.0. The lowest BCUT2D eigenvalue weighted by Crippen LogP contribution is -2.10. The van der Waals surface area contributed by atoms with Gasteiger partial charge in [0.15, 0.2) is 5.82 Å². The quantitative estimate of drug-likeness (QED) is 0.179. The van der Waals surface area contributed by atoms with E-state index in [2.05, 4.69) is 6.07 Å². The summed E-state index contributed by atoms with van der Waals surface area (Å²) in [6, 6.07) is 28.4. The number of nitrogens with zero attached hydrogens (tertiary/aromatic N) is 6. The molecule has 0 unspecified atom stereocenters. The molecular formula is C51H30N6S. The number of aromatic nitrogens is 6. The Morgan fingerprint density at radius 3 is 1.62 bits per heavy atom. The first-order valence-electron chi connectivity index (χ1n) is 24.5. The van der Waals surface area contributed by atoms with Gasteiger partial charge in [0.05, 0.1) is 49.5 Å². The van der Waals surface area contributed by atoms with Gasteiger partial charge in [0.25, 0.3) is 0 Å². The molecule has 0 fully saturated rings. The SMILES string of the molecule is [2H]c1c([2H])c(-c2nc(-n3c4ccccc4c4c([2H])c([2H])c([2H])c([2H])c43)nc(-n3c4ccccc4c4c([2H])c([2H])c([2H])c([2H])c43)n2)c([2H])c(-n2c3ccccc3c3ccc4sc5ccccc5c4c32)c1[2H]. The number of benzene rings is 8. The predicted molar refractivity (Wildman–Crippen MR) is 241 cm³/mol. The van der Waals surface area contributed by atoms with E-state index in [9.17, 15) is 8.22 Å². The molecular weight excluding hydrogens is 729 g/mol. The number of para-hydroxylation sites is 5. The van der Waals surface area contributed by atoms with E-state index in [1.54, 1.807) is 59.9 Å². The Kier molecular flexibility index (Phi) is 4.58. The van der Waals surface area contributed by atoms with Crippen molar-refractivity contribution in [3.8, 4) is 29.0 Å². The van der Waals surface area contributed by atoms with Crippen LogP contribution in [0.25, 0.3) is 115 Å². The molecule has 0 aliphatic rings. The first kappa shape index (κ1) is 22.2. The van der Waals surface area contributed by atoms with E-state index in [0.29, 0.717) is 32.8 Å². The maximum absolute atomic E-state index is 10.2. The van der Waals surface area contributed by atoms with Crippen LogP contribution in [0.3, 0.4) is 0 Å². The minimum Gasteiger partial charge on any atom is -0.309 e. The lowest BCUT2D eigenvalue weighted by atomic mass is 10.1. The summed E-state index contributed by atoms with van der Waals surface area (Å²) in [6.07, 6.45) is 0. The molecule has 7 heteroatoms. The Hall–Kier alpha value is -7.61. The van der Waals surface area contributed by atoms with E-state index >= 15 is 0 Å². The van der Waals surface area contributed by atoms with Crippen molar-refractivity contribution < 1.29 is 16.4 Å². The number of rotatable bonds is 4. The fourth-order valence-electron chi connectivity index (χ4n) is 8.47. The smallest absolute Gasteiger partial charge is 0.240 e. The van der Waals surface area contributed by atoms with Gasteiger partial charge in [-0.15, -0.1) is 11.3 Å².